The third-order valence-electron chi connectivity index (χ3n) is 4.73. The topological polar surface area (TPSA) is 74.2 Å². The molecule has 1 unspecified atom stereocenters. The number of ether oxygens (including phenoxy) is 4. The molecule has 6 nitrogen and oxygen atoms in total. The molecule has 0 saturated carbocycles. The first-order valence-electron chi connectivity index (χ1n) is 9.89. The van der Waals surface area contributed by atoms with E-state index in [4.69, 9.17) is 18.9 Å². The lowest BCUT2D eigenvalue weighted by Gasteiger charge is -2.25. The first-order chi connectivity index (χ1) is 15.1. The molecule has 31 heavy (non-hydrogen) atoms. The van der Waals surface area contributed by atoms with Gasteiger partial charge in [-0.05, 0) is 30.2 Å². The average Bonchev–Trinajstić information content (AvgIpc) is 2.81. The van der Waals surface area contributed by atoms with Crippen LogP contribution in [0.3, 0.4) is 0 Å². The zero-order valence-electron chi connectivity index (χ0n) is 17.0. The molecule has 0 aromatic heterocycles. The smallest absolute Gasteiger partial charge is 0.375 e. The lowest BCUT2D eigenvalue weighted by atomic mass is 10.2. The van der Waals surface area contributed by atoms with Gasteiger partial charge < -0.3 is 24.1 Å². The molecular weight excluding hydrogens is 396 g/mol. The molecule has 158 valence electrons. The molecule has 0 fully saturated rings. The van der Waals surface area contributed by atoms with E-state index in [0.29, 0.717) is 24.7 Å². The van der Waals surface area contributed by atoms with Crippen LogP contribution in [0.5, 0.6) is 17.2 Å². The maximum Gasteiger partial charge on any atom is 0.375 e. The third kappa shape index (κ3) is 5.05. The van der Waals surface area contributed by atoms with Crippen molar-refractivity contribution < 1.29 is 28.8 Å². The molecule has 1 N–H and O–H groups in total. The number of rotatable bonds is 8. The quantitative estimate of drug-likeness (QED) is 0.559. The summed E-state index contributed by atoms with van der Waals surface area (Å²) in [6.07, 6.45) is -0.617. The van der Waals surface area contributed by atoms with E-state index in [2.05, 4.69) is 0 Å². The Kier molecular flexibility index (Phi) is 6.19. The molecule has 3 aromatic carbocycles. The Morgan fingerprint density at radius 2 is 1.52 bits per heavy atom. The Labute approximate surface area is 180 Å². The van der Waals surface area contributed by atoms with Crippen molar-refractivity contribution in [1.29, 1.82) is 0 Å². The number of carboxylic acid groups (broad SMARTS) is 1. The number of fused-ring (bicyclic) bond motifs is 1. The van der Waals surface area contributed by atoms with Crippen LogP contribution in [0.2, 0.25) is 0 Å². The highest BCUT2D eigenvalue weighted by Gasteiger charge is 2.31. The van der Waals surface area contributed by atoms with Gasteiger partial charge in [0.25, 0.3) is 5.76 Å². The molecule has 0 spiro atoms. The van der Waals surface area contributed by atoms with Crippen LogP contribution in [0, 0.1) is 0 Å². The molecule has 0 aliphatic carbocycles. The van der Waals surface area contributed by atoms with Gasteiger partial charge in [0.1, 0.15) is 18.5 Å². The summed E-state index contributed by atoms with van der Waals surface area (Å²) in [7, 11) is 0. The van der Waals surface area contributed by atoms with Gasteiger partial charge in [0.05, 0.1) is 6.61 Å². The molecule has 0 saturated heterocycles. The summed E-state index contributed by atoms with van der Waals surface area (Å²) in [4.78, 5) is 11.8. The van der Waals surface area contributed by atoms with Gasteiger partial charge in [-0.1, -0.05) is 60.7 Å². The third-order valence-corrected chi connectivity index (χ3v) is 4.73. The summed E-state index contributed by atoms with van der Waals surface area (Å²) in [5.41, 5.74) is 2.00. The molecule has 0 radical (unpaired) electrons. The van der Waals surface area contributed by atoms with E-state index in [1.165, 1.54) is 0 Å². The molecule has 0 amide bonds. The SMILES string of the molecule is CC(OCc1ccccc1)C1=C(C(=O)O)Oc2cc(OCc3ccccc3)ccc2O1. The van der Waals surface area contributed by atoms with Crippen LogP contribution in [0.25, 0.3) is 0 Å². The van der Waals surface area contributed by atoms with Crippen LogP contribution < -0.4 is 14.2 Å². The number of carbonyl (C=O) groups is 1. The summed E-state index contributed by atoms with van der Waals surface area (Å²) in [5, 5.41) is 9.64. The second-order valence-corrected chi connectivity index (χ2v) is 7.02. The minimum absolute atomic E-state index is 0.119. The lowest BCUT2D eigenvalue weighted by molar-refractivity contribution is -0.135. The van der Waals surface area contributed by atoms with Crippen molar-refractivity contribution in [2.75, 3.05) is 0 Å². The summed E-state index contributed by atoms with van der Waals surface area (Å²) in [5.74, 6) is -0.175. The van der Waals surface area contributed by atoms with Gasteiger partial charge in [0, 0.05) is 6.07 Å². The van der Waals surface area contributed by atoms with Crippen molar-refractivity contribution in [3.05, 3.63) is 102 Å². The Hall–Kier alpha value is -3.77. The fourth-order valence-electron chi connectivity index (χ4n) is 3.10. The molecule has 1 aliphatic rings. The van der Waals surface area contributed by atoms with E-state index in [-0.39, 0.29) is 17.3 Å². The van der Waals surface area contributed by atoms with Gasteiger partial charge in [0.15, 0.2) is 17.3 Å². The highest BCUT2D eigenvalue weighted by molar-refractivity contribution is 5.86. The second-order valence-electron chi connectivity index (χ2n) is 7.02. The van der Waals surface area contributed by atoms with Crippen LogP contribution in [-0.4, -0.2) is 17.2 Å². The number of carboxylic acids is 1. The van der Waals surface area contributed by atoms with E-state index >= 15 is 0 Å². The van der Waals surface area contributed by atoms with Crippen molar-refractivity contribution in [2.45, 2.75) is 26.2 Å². The van der Waals surface area contributed by atoms with E-state index in [9.17, 15) is 9.90 Å². The average molecular weight is 418 g/mol. The van der Waals surface area contributed by atoms with Gasteiger partial charge in [0.2, 0.25) is 0 Å². The van der Waals surface area contributed by atoms with Gasteiger partial charge in [-0.15, -0.1) is 0 Å². The standard InChI is InChI=1S/C25H22O6/c1-17(28-15-18-8-4-2-5-9-18)23-24(25(26)27)31-22-14-20(12-13-21(22)30-23)29-16-19-10-6-3-7-11-19/h2-14,17H,15-16H2,1H3,(H,26,27). The summed E-state index contributed by atoms with van der Waals surface area (Å²) in [6, 6.07) is 24.4. The maximum atomic E-state index is 11.8. The Morgan fingerprint density at radius 1 is 0.871 bits per heavy atom. The fraction of sp³-hybridized carbons (Fsp3) is 0.160. The lowest BCUT2D eigenvalue weighted by Crippen LogP contribution is -2.26. The van der Waals surface area contributed by atoms with Gasteiger partial charge in [-0.3, -0.25) is 0 Å². The highest BCUT2D eigenvalue weighted by Crippen LogP contribution is 2.39. The second kappa shape index (κ2) is 9.36. The van der Waals surface area contributed by atoms with Gasteiger partial charge >= 0.3 is 5.97 Å². The molecule has 0 bridgehead atoms. The van der Waals surface area contributed by atoms with Crippen molar-refractivity contribution in [2.24, 2.45) is 0 Å². The van der Waals surface area contributed by atoms with Crippen LogP contribution in [-0.2, 0) is 22.7 Å². The Balaban J connectivity index is 1.47. The van der Waals surface area contributed by atoms with Gasteiger partial charge in [-0.25, -0.2) is 4.79 Å². The molecule has 6 heteroatoms. The van der Waals surface area contributed by atoms with Crippen LogP contribution in [0.4, 0.5) is 0 Å². The Bertz CT molecular complexity index is 1080. The van der Waals surface area contributed by atoms with Crippen molar-refractivity contribution in [3.63, 3.8) is 0 Å². The molecular formula is C25H22O6. The monoisotopic (exact) mass is 418 g/mol. The molecule has 3 aromatic rings. The van der Waals surface area contributed by atoms with Gasteiger partial charge in [-0.2, -0.15) is 0 Å². The predicted octanol–water partition coefficient (Wildman–Crippen LogP) is 4.94. The fourth-order valence-corrected chi connectivity index (χ4v) is 3.10. The minimum atomic E-state index is -1.23. The normalized spacial score (nSPS) is 13.6. The van der Waals surface area contributed by atoms with Crippen molar-refractivity contribution in [3.8, 4) is 17.2 Å². The van der Waals surface area contributed by atoms with E-state index < -0.39 is 12.1 Å². The molecule has 4 rings (SSSR count). The van der Waals surface area contributed by atoms with E-state index in [1.807, 2.05) is 60.7 Å². The molecule has 1 atom stereocenters. The number of benzene rings is 3. The van der Waals surface area contributed by atoms with E-state index in [1.54, 1.807) is 25.1 Å². The predicted molar refractivity (Wildman–Crippen MR) is 114 cm³/mol. The molecule has 1 aliphatic heterocycles. The van der Waals surface area contributed by atoms with Crippen LogP contribution in [0.1, 0.15) is 18.1 Å². The van der Waals surface area contributed by atoms with Crippen molar-refractivity contribution >= 4 is 5.97 Å². The maximum absolute atomic E-state index is 11.8. The number of hydrogen-bond acceptors (Lipinski definition) is 5. The molecule has 1 heterocycles. The first-order valence-corrected chi connectivity index (χ1v) is 9.89. The zero-order valence-corrected chi connectivity index (χ0v) is 17.0. The van der Waals surface area contributed by atoms with Crippen molar-refractivity contribution in [1.82, 2.24) is 0 Å². The summed E-state index contributed by atoms with van der Waals surface area (Å²) in [6.45, 7) is 2.44. The zero-order chi connectivity index (χ0) is 21.6. The highest BCUT2D eigenvalue weighted by atomic mass is 16.6. The first kappa shape index (κ1) is 20.5. The minimum Gasteiger partial charge on any atom is -0.489 e. The van der Waals surface area contributed by atoms with Crippen LogP contribution in [0.15, 0.2) is 90.4 Å². The number of hydrogen-bond donors (Lipinski definition) is 1. The largest absolute Gasteiger partial charge is 0.489 e. The van der Waals surface area contributed by atoms with E-state index in [0.717, 1.165) is 11.1 Å². The summed E-state index contributed by atoms with van der Waals surface area (Å²) >= 11 is 0. The number of aliphatic carboxylic acids is 1. The van der Waals surface area contributed by atoms with Crippen LogP contribution >= 0.6 is 0 Å². The summed E-state index contributed by atoms with van der Waals surface area (Å²) < 4.78 is 23.1. The Morgan fingerprint density at radius 3 is 2.16 bits per heavy atom.